The number of fused-ring (bicyclic) bond motifs is 1. The third-order valence-electron chi connectivity index (χ3n) is 2.64. The van der Waals surface area contributed by atoms with Gasteiger partial charge in [-0.25, -0.2) is 8.91 Å². The predicted octanol–water partition coefficient (Wildman–Crippen LogP) is 2.28. The number of hydrogen-bond donors (Lipinski definition) is 0. The van der Waals surface area contributed by atoms with Gasteiger partial charge < -0.3 is 0 Å². The van der Waals surface area contributed by atoms with Crippen LogP contribution in [0, 0.1) is 5.82 Å². The van der Waals surface area contributed by atoms with Crippen LogP contribution >= 0.6 is 11.6 Å². The third kappa shape index (κ3) is 1.52. The van der Waals surface area contributed by atoms with Crippen LogP contribution in [0.3, 0.4) is 0 Å². The van der Waals surface area contributed by atoms with E-state index < -0.39 is 11.4 Å². The quantitative estimate of drug-likeness (QED) is 0.676. The van der Waals surface area contributed by atoms with Crippen molar-refractivity contribution in [2.75, 3.05) is 0 Å². The SMILES string of the molecule is O=c1c2c(Cl)ccn2ncn1-c1ccccc1F. The smallest absolute Gasteiger partial charge is 0.266 e. The van der Waals surface area contributed by atoms with E-state index in [2.05, 4.69) is 5.10 Å². The lowest BCUT2D eigenvalue weighted by Gasteiger charge is -2.06. The molecule has 90 valence electrons. The number of hydrogen-bond acceptors (Lipinski definition) is 2. The molecule has 0 radical (unpaired) electrons. The summed E-state index contributed by atoms with van der Waals surface area (Å²) in [5.74, 6) is -0.492. The second kappa shape index (κ2) is 3.96. The molecule has 4 nitrogen and oxygen atoms in total. The van der Waals surface area contributed by atoms with Crippen molar-refractivity contribution in [3.05, 3.63) is 64.0 Å². The van der Waals surface area contributed by atoms with Crippen LogP contribution in [0.1, 0.15) is 0 Å². The minimum absolute atomic E-state index is 0.148. The van der Waals surface area contributed by atoms with Crippen molar-refractivity contribution in [1.29, 1.82) is 0 Å². The maximum absolute atomic E-state index is 13.7. The monoisotopic (exact) mass is 263 g/mol. The van der Waals surface area contributed by atoms with Crippen LogP contribution in [0.5, 0.6) is 0 Å². The topological polar surface area (TPSA) is 39.3 Å². The highest BCUT2D eigenvalue weighted by Crippen LogP contribution is 2.15. The van der Waals surface area contributed by atoms with Crippen LogP contribution in [0.25, 0.3) is 11.2 Å². The number of nitrogens with zero attached hydrogens (tertiary/aromatic N) is 3. The molecule has 18 heavy (non-hydrogen) atoms. The largest absolute Gasteiger partial charge is 0.283 e. The van der Waals surface area contributed by atoms with Crippen LogP contribution in [0.15, 0.2) is 47.7 Å². The summed E-state index contributed by atoms with van der Waals surface area (Å²) in [6.45, 7) is 0. The van der Waals surface area contributed by atoms with E-state index in [9.17, 15) is 9.18 Å². The summed E-state index contributed by atoms with van der Waals surface area (Å²) < 4.78 is 16.2. The molecule has 0 N–H and O–H groups in total. The molecule has 2 heterocycles. The van der Waals surface area contributed by atoms with Crippen molar-refractivity contribution in [3.63, 3.8) is 0 Å². The van der Waals surface area contributed by atoms with E-state index in [1.54, 1.807) is 24.4 Å². The first kappa shape index (κ1) is 11.0. The van der Waals surface area contributed by atoms with Crippen molar-refractivity contribution in [2.45, 2.75) is 0 Å². The second-order valence-corrected chi connectivity index (χ2v) is 4.12. The van der Waals surface area contributed by atoms with E-state index in [0.29, 0.717) is 0 Å². The lowest BCUT2D eigenvalue weighted by molar-refractivity contribution is 0.613. The van der Waals surface area contributed by atoms with E-state index in [-0.39, 0.29) is 16.2 Å². The molecule has 3 aromatic rings. The van der Waals surface area contributed by atoms with Crippen LogP contribution in [-0.4, -0.2) is 14.2 Å². The maximum atomic E-state index is 13.7. The van der Waals surface area contributed by atoms with Crippen LogP contribution in [0.4, 0.5) is 4.39 Å². The molecule has 2 aromatic heterocycles. The Bertz CT molecular complexity index is 793. The zero-order valence-electron chi connectivity index (χ0n) is 9.05. The first-order chi connectivity index (χ1) is 8.68. The van der Waals surface area contributed by atoms with Gasteiger partial charge in [-0.3, -0.25) is 9.36 Å². The van der Waals surface area contributed by atoms with Gasteiger partial charge in [0, 0.05) is 6.20 Å². The van der Waals surface area contributed by atoms with Gasteiger partial charge in [-0.15, -0.1) is 0 Å². The fourth-order valence-corrected chi connectivity index (χ4v) is 2.01. The molecule has 0 saturated carbocycles. The Labute approximate surface area is 106 Å². The zero-order valence-corrected chi connectivity index (χ0v) is 9.80. The molecule has 0 spiro atoms. The highest BCUT2D eigenvalue weighted by Gasteiger charge is 2.11. The van der Waals surface area contributed by atoms with Crippen molar-refractivity contribution >= 4 is 17.1 Å². The Morgan fingerprint density at radius 1 is 1.22 bits per heavy atom. The van der Waals surface area contributed by atoms with E-state index in [0.717, 1.165) is 4.57 Å². The fourth-order valence-electron chi connectivity index (χ4n) is 1.79. The van der Waals surface area contributed by atoms with Gasteiger partial charge in [-0.1, -0.05) is 23.7 Å². The molecule has 0 saturated heterocycles. The molecule has 1 aromatic carbocycles. The molecular formula is C12H7ClFN3O. The van der Waals surface area contributed by atoms with Crippen molar-refractivity contribution < 1.29 is 4.39 Å². The van der Waals surface area contributed by atoms with Gasteiger partial charge in [0.05, 0.1) is 10.7 Å². The molecule has 6 heteroatoms. The highest BCUT2D eigenvalue weighted by molar-refractivity contribution is 6.33. The molecule has 0 aliphatic heterocycles. The highest BCUT2D eigenvalue weighted by atomic mass is 35.5. The number of aromatic nitrogens is 3. The molecule has 3 rings (SSSR count). The molecule has 0 atom stereocenters. The summed E-state index contributed by atoms with van der Waals surface area (Å²) in [7, 11) is 0. The van der Waals surface area contributed by atoms with Gasteiger partial charge in [0.2, 0.25) is 0 Å². The number of rotatable bonds is 1. The normalized spacial score (nSPS) is 11.0. The van der Waals surface area contributed by atoms with Crippen molar-refractivity contribution in [3.8, 4) is 5.69 Å². The van der Waals surface area contributed by atoms with Gasteiger partial charge in [0.15, 0.2) is 0 Å². The Morgan fingerprint density at radius 2 is 2.00 bits per heavy atom. The van der Waals surface area contributed by atoms with Gasteiger partial charge in [0.1, 0.15) is 17.7 Å². The standard InChI is InChI=1S/C12H7ClFN3O/c13-8-5-6-17-11(8)12(18)16(7-15-17)10-4-2-1-3-9(10)14/h1-7H. The Balaban J connectivity index is 2.38. The second-order valence-electron chi connectivity index (χ2n) is 3.71. The minimum Gasteiger partial charge on any atom is -0.266 e. The molecule has 0 aliphatic carbocycles. The van der Waals surface area contributed by atoms with Crippen molar-refractivity contribution in [2.24, 2.45) is 0 Å². The zero-order chi connectivity index (χ0) is 12.7. The number of para-hydroxylation sites is 1. The van der Waals surface area contributed by atoms with Gasteiger partial charge in [-0.2, -0.15) is 5.10 Å². The van der Waals surface area contributed by atoms with E-state index in [4.69, 9.17) is 11.6 Å². The number of benzene rings is 1. The van der Waals surface area contributed by atoms with Gasteiger partial charge in [-0.05, 0) is 18.2 Å². The lowest BCUT2D eigenvalue weighted by Crippen LogP contribution is -2.22. The molecule has 0 amide bonds. The van der Waals surface area contributed by atoms with E-state index >= 15 is 0 Å². The molecular weight excluding hydrogens is 257 g/mol. The number of halogens is 2. The summed E-state index contributed by atoms with van der Waals surface area (Å²) in [5, 5.41) is 4.30. The summed E-state index contributed by atoms with van der Waals surface area (Å²) in [6, 6.07) is 7.56. The Kier molecular flexibility index (Phi) is 2.41. The summed E-state index contributed by atoms with van der Waals surface area (Å²) >= 11 is 5.91. The third-order valence-corrected chi connectivity index (χ3v) is 2.95. The van der Waals surface area contributed by atoms with Crippen LogP contribution in [0.2, 0.25) is 5.02 Å². The summed E-state index contributed by atoms with van der Waals surface area (Å²) in [4.78, 5) is 12.2. The van der Waals surface area contributed by atoms with Crippen LogP contribution in [-0.2, 0) is 0 Å². The summed E-state index contributed by atoms with van der Waals surface area (Å²) in [6.07, 6.45) is 2.84. The first-order valence-corrected chi connectivity index (χ1v) is 5.55. The Hall–Kier alpha value is -2.14. The van der Waals surface area contributed by atoms with Gasteiger partial charge in [0.25, 0.3) is 5.56 Å². The average molecular weight is 264 g/mol. The van der Waals surface area contributed by atoms with Crippen molar-refractivity contribution in [1.82, 2.24) is 14.2 Å². The fraction of sp³-hybridized carbons (Fsp3) is 0. The molecule has 0 aliphatic rings. The predicted molar refractivity (Wildman–Crippen MR) is 65.8 cm³/mol. The summed E-state index contributed by atoms with van der Waals surface area (Å²) in [5.41, 5.74) is -0.0395. The van der Waals surface area contributed by atoms with E-state index in [1.807, 2.05) is 0 Å². The molecule has 0 unspecified atom stereocenters. The van der Waals surface area contributed by atoms with E-state index in [1.165, 1.54) is 23.0 Å². The van der Waals surface area contributed by atoms with Gasteiger partial charge >= 0.3 is 0 Å². The first-order valence-electron chi connectivity index (χ1n) is 5.18. The minimum atomic E-state index is -0.492. The maximum Gasteiger partial charge on any atom is 0.283 e. The van der Waals surface area contributed by atoms with Crippen LogP contribution < -0.4 is 5.56 Å². The average Bonchev–Trinajstić information content (AvgIpc) is 2.74. The molecule has 0 fully saturated rings. The lowest BCUT2D eigenvalue weighted by atomic mass is 10.3. The molecule has 0 bridgehead atoms. The Morgan fingerprint density at radius 3 is 2.78 bits per heavy atom.